The monoisotopic (exact) mass is 454 g/mol. The molecule has 0 aliphatic carbocycles. The second-order valence-corrected chi connectivity index (χ2v) is 8.97. The van der Waals surface area contributed by atoms with Crippen LogP contribution in [0, 0.1) is 0 Å². The molecule has 0 fully saturated rings. The maximum absolute atomic E-state index is 13.3. The zero-order valence-electron chi connectivity index (χ0n) is 15.5. The Morgan fingerprint density at radius 3 is 2.97 bits per heavy atom. The van der Waals surface area contributed by atoms with Crippen molar-refractivity contribution in [3.8, 4) is 21.9 Å². The summed E-state index contributed by atoms with van der Waals surface area (Å²) in [5.41, 5.74) is 1.58. The highest BCUT2D eigenvalue weighted by atomic mass is 32.2. The van der Waals surface area contributed by atoms with E-state index >= 15 is 0 Å². The average Bonchev–Trinajstić information content (AvgIpc) is 3.55. The Bertz CT molecular complexity index is 1360. The Morgan fingerprint density at radius 1 is 1.27 bits per heavy atom. The van der Waals surface area contributed by atoms with Gasteiger partial charge in [0.25, 0.3) is 11.4 Å². The van der Waals surface area contributed by atoms with E-state index in [4.69, 9.17) is 13.9 Å². The first-order valence-corrected chi connectivity index (χ1v) is 11.6. The van der Waals surface area contributed by atoms with Crippen molar-refractivity contribution in [2.45, 2.75) is 17.5 Å². The Hall–Kier alpha value is -2.95. The van der Waals surface area contributed by atoms with E-state index in [-0.39, 0.29) is 5.56 Å². The molecule has 0 saturated carbocycles. The fraction of sp³-hybridized carbons (Fsp3) is 0.100. The van der Waals surface area contributed by atoms with Crippen LogP contribution in [0.3, 0.4) is 0 Å². The van der Waals surface area contributed by atoms with Crippen molar-refractivity contribution in [1.29, 1.82) is 0 Å². The molecule has 0 bridgehead atoms. The van der Waals surface area contributed by atoms with Crippen molar-refractivity contribution in [3.05, 3.63) is 70.3 Å². The van der Waals surface area contributed by atoms with E-state index in [1.165, 1.54) is 23.1 Å². The first-order valence-electron chi connectivity index (χ1n) is 8.89. The summed E-state index contributed by atoms with van der Waals surface area (Å²) in [6, 6.07) is 5.75. The summed E-state index contributed by atoms with van der Waals surface area (Å²) >= 11 is 4.47. The number of thiophene rings is 2. The summed E-state index contributed by atoms with van der Waals surface area (Å²) in [6.45, 7) is 4.16. The number of rotatable bonds is 7. The molecule has 0 aromatic carbocycles. The molecule has 0 saturated heterocycles. The maximum Gasteiger partial charge on any atom is 0.263 e. The van der Waals surface area contributed by atoms with Crippen LogP contribution >= 0.6 is 34.4 Å². The van der Waals surface area contributed by atoms with Crippen LogP contribution in [0.1, 0.15) is 5.82 Å². The number of nitrogens with zero attached hydrogens (tertiary/aromatic N) is 4. The van der Waals surface area contributed by atoms with Crippen LogP contribution < -0.4 is 5.56 Å². The van der Waals surface area contributed by atoms with Gasteiger partial charge in [0.05, 0.1) is 23.0 Å². The summed E-state index contributed by atoms with van der Waals surface area (Å²) in [6.07, 6.45) is 4.79. The summed E-state index contributed by atoms with van der Waals surface area (Å²) in [5, 5.41) is 9.25. The first kappa shape index (κ1) is 19.0. The van der Waals surface area contributed by atoms with Gasteiger partial charge < -0.3 is 8.94 Å². The summed E-state index contributed by atoms with van der Waals surface area (Å²) in [5.74, 6) is 1.32. The third-order valence-corrected chi connectivity index (χ3v) is 7.07. The molecule has 0 radical (unpaired) electrons. The van der Waals surface area contributed by atoms with Crippen molar-refractivity contribution in [3.63, 3.8) is 0 Å². The predicted molar refractivity (Wildman–Crippen MR) is 119 cm³/mol. The molecule has 0 aliphatic rings. The fourth-order valence-electron chi connectivity index (χ4n) is 2.96. The van der Waals surface area contributed by atoms with E-state index < -0.39 is 0 Å². The van der Waals surface area contributed by atoms with Gasteiger partial charge in [-0.25, -0.2) is 4.98 Å². The Balaban J connectivity index is 1.49. The minimum atomic E-state index is -0.0701. The number of fused-ring (bicyclic) bond motifs is 1. The minimum absolute atomic E-state index is 0.0701. The zero-order chi connectivity index (χ0) is 20.5. The SMILES string of the molecule is C=CCn1c(SCc2noc(-c3ccoc3)n2)nc2scc(-c3cccs3)c2c1=O. The topological polar surface area (TPSA) is 86.9 Å². The largest absolute Gasteiger partial charge is 0.472 e. The van der Waals surface area contributed by atoms with Crippen LogP contribution in [0.2, 0.25) is 0 Å². The number of hydrogen-bond acceptors (Lipinski definition) is 9. The molecule has 0 amide bonds. The molecule has 150 valence electrons. The van der Waals surface area contributed by atoms with E-state index in [2.05, 4.69) is 16.7 Å². The highest BCUT2D eigenvalue weighted by molar-refractivity contribution is 7.98. The zero-order valence-corrected chi connectivity index (χ0v) is 17.9. The average molecular weight is 455 g/mol. The second-order valence-electron chi connectivity index (χ2n) is 6.22. The number of furan rings is 1. The lowest BCUT2D eigenvalue weighted by Crippen LogP contribution is -2.22. The smallest absolute Gasteiger partial charge is 0.263 e. The van der Waals surface area contributed by atoms with Crippen LogP contribution in [-0.4, -0.2) is 19.7 Å². The van der Waals surface area contributed by atoms with E-state index in [1.54, 1.807) is 40.6 Å². The molecule has 0 spiro atoms. The van der Waals surface area contributed by atoms with Crippen LogP contribution in [-0.2, 0) is 12.3 Å². The second kappa shape index (κ2) is 8.05. The van der Waals surface area contributed by atoms with Crippen molar-refractivity contribution < 1.29 is 8.94 Å². The summed E-state index contributed by atoms with van der Waals surface area (Å²) in [4.78, 5) is 24.2. The summed E-state index contributed by atoms with van der Waals surface area (Å²) in [7, 11) is 0. The van der Waals surface area contributed by atoms with Gasteiger partial charge in [-0.2, -0.15) is 4.98 Å². The van der Waals surface area contributed by atoms with Gasteiger partial charge in [0.2, 0.25) is 0 Å². The number of aromatic nitrogens is 4. The molecule has 0 atom stereocenters. The highest BCUT2D eigenvalue weighted by Gasteiger charge is 2.18. The lowest BCUT2D eigenvalue weighted by Gasteiger charge is -2.09. The maximum atomic E-state index is 13.3. The molecule has 30 heavy (non-hydrogen) atoms. The molecule has 0 unspecified atom stereocenters. The van der Waals surface area contributed by atoms with Gasteiger partial charge in [0, 0.05) is 22.4 Å². The molecule has 7 nitrogen and oxygen atoms in total. The van der Waals surface area contributed by atoms with Crippen LogP contribution in [0.5, 0.6) is 0 Å². The molecule has 0 aliphatic heterocycles. The van der Waals surface area contributed by atoms with Gasteiger partial charge in [-0.15, -0.1) is 29.3 Å². The van der Waals surface area contributed by atoms with Crippen molar-refractivity contribution in [2.24, 2.45) is 0 Å². The highest BCUT2D eigenvalue weighted by Crippen LogP contribution is 2.35. The molecular formula is C20H14N4O3S3. The lowest BCUT2D eigenvalue weighted by atomic mass is 10.2. The van der Waals surface area contributed by atoms with Crippen LogP contribution in [0.25, 0.3) is 32.1 Å². The third-order valence-electron chi connectivity index (χ3n) is 4.32. The first-order chi connectivity index (χ1) is 14.7. The number of thioether (sulfide) groups is 1. The van der Waals surface area contributed by atoms with E-state index in [1.807, 2.05) is 22.9 Å². The van der Waals surface area contributed by atoms with Gasteiger partial charge in [-0.05, 0) is 17.5 Å². The van der Waals surface area contributed by atoms with Gasteiger partial charge in [-0.1, -0.05) is 29.1 Å². The van der Waals surface area contributed by atoms with Gasteiger partial charge in [0.1, 0.15) is 11.1 Å². The Morgan fingerprint density at radius 2 is 2.20 bits per heavy atom. The molecule has 5 aromatic rings. The molecule has 5 heterocycles. The molecular weight excluding hydrogens is 440 g/mol. The standard InChI is InChI=1S/C20H14N4O3S3/c1-2-6-24-19(25)16-13(14-4-3-8-28-14)10-29-18(16)22-20(24)30-11-15-21-17(27-23-15)12-5-7-26-9-12/h2-5,7-10H,1,6,11H2. The molecule has 5 rings (SSSR count). The molecule has 5 aromatic heterocycles. The number of hydrogen-bond donors (Lipinski definition) is 0. The lowest BCUT2D eigenvalue weighted by molar-refractivity contribution is 0.424. The van der Waals surface area contributed by atoms with E-state index in [0.717, 1.165) is 20.8 Å². The Labute approximate surface area is 182 Å². The quantitative estimate of drug-likeness (QED) is 0.187. The molecule has 10 heteroatoms. The molecule has 0 N–H and O–H groups in total. The fourth-order valence-corrected chi connectivity index (χ4v) is 5.62. The van der Waals surface area contributed by atoms with Crippen molar-refractivity contribution >= 4 is 44.7 Å². The predicted octanol–water partition coefficient (Wildman–Crippen LogP) is 5.31. The van der Waals surface area contributed by atoms with Crippen LogP contribution in [0.15, 0.2) is 73.0 Å². The van der Waals surface area contributed by atoms with E-state index in [0.29, 0.717) is 34.6 Å². The third kappa shape index (κ3) is 3.42. The van der Waals surface area contributed by atoms with Crippen molar-refractivity contribution in [1.82, 2.24) is 19.7 Å². The van der Waals surface area contributed by atoms with E-state index in [9.17, 15) is 4.79 Å². The van der Waals surface area contributed by atoms with Gasteiger partial charge in [-0.3, -0.25) is 9.36 Å². The number of allylic oxidation sites excluding steroid dienone is 1. The van der Waals surface area contributed by atoms with Crippen molar-refractivity contribution in [2.75, 3.05) is 0 Å². The van der Waals surface area contributed by atoms with Gasteiger partial charge in [0.15, 0.2) is 11.0 Å². The normalized spacial score (nSPS) is 11.3. The van der Waals surface area contributed by atoms with Crippen LogP contribution in [0.4, 0.5) is 0 Å². The van der Waals surface area contributed by atoms with Gasteiger partial charge >= 0.3 is 0 Å². The Kier molecular flexibility index (Phi) is 5.11. The summed E-state index contributed by atoms with van der Waals surface area (Å²) < 4.78 is 12.0. The minimum Gasteiger partial charge on any atom is -0.472 e.